The van der Waals surface area contributed by atoms with Gasteiger partial charge in [0, 0.05) is 32.5 Å². The Kier molecular flexibility index (Phi) is 11.3. The molecular formula is C31H38FN3O4S. The highest BCUT2D eigenvalue weighted by atomic mass is 32.2. The molecule has 9 heteroatoms. The number of anilines is 1. The molecule has 0 radical (unpaired) electrons. The highest BCUT2D eigenvalue weighted by Crippen LogP contribution is 2.20. The number of benzene rings is 3. The van der Waals surface area contributed by atoms with Crippen LogP contribution in [0.2, 0.25) is 0 Å². The van der Waals surface area contributed by atoms with Gasteiger partial charge < -0.3 is 10.2 Å². The second-order valence-electron chi connectivity index (χ2n) is 10.3. The zero-order valence-corrected chi connectivity index (χ0v) is 24.1. The molecule has 0 saturated heterocycles. The molecule has 1 atom stereocenters. The van der Waals surface area contributed by atoms with Crippen molar-refractivity contribution < 1.29 is 22.4 Å². The molecule has 3 aromatic carbocycles. The molecule has 3 aromatic rings. The zero-order valence-electron chi connectivity index (χ0n) is 23.3. The molecule has 0 aliphatic rings. The van der Waals surface area contributed by atoms with Gasteiger partial charge in [-0.1, -0.05) is 74.5 Å². The van der Waals surface area contributed by atoms with E-state index >= 15 is 0 Å². The van der Waals surface area contributed by atoms with Crippen molar-refractivity contribution in [2.75, 3.05) is 23.7 Å². The lowest BCUT2D eigenvalue weighted by Crippen LogP contribution is -2.51. The predicted molar refractivity (Wildman–Crippen MR) is 157 cm³/mol. The number of para-hydroxylation sites is 1. The summed E-state index contributed by atoms with van der Waals surface area (Å²) in [6.07, 6.45) is 1.73. The molecule has 7 nitrogen and oxygen atoms in total. The number of amides is 2. The Morgan fingerprint density at radius 1 is 0.875 bits per heavy atom. The maximum atomic E-state index is 13.8. The summed E-state index contributed by atoms with van der Waals surface area (Å²) in [6.45, 7) is 4.67. The Hall–Kier alpha value is -3.72. The average Bonchev–Trinajstić information content (AvgIpc) is 2.93. The highest BCUT2D eigenvalue weighted by molar-refractivity contribution is 7.92. The second-order valence-corrected chi connectivity index (χ2v) is 12.2. The Labute approximate surface area is 237 Å². The lowest BCUT2D eigenvalue weighted by molar-refractivity contribution is -0.141. The van der Waals surface area contributed by atoms with Crippen LogP contribution in [0.25, 0.3) is 0 Å². The summed E-state index contributed by atoms with van der Waals surface area (Å²) >= 11 is 0. The molecule has 0 heterocycles. The Morgan fingerprint density at radius 3 is 2.05 bits per heavy atom. The van der Waals surface area contributed by atoms with Crippen LogP contribution in [0.3, 0.4) is 0 Å². The molecule has 2 amide bonds. The summed E-state index contributed by atoms with van der Waals surface area (Å²) in [5, 5.41) is 2.97. The standard InChI is InChI=1S/C31H38FN3O4S/c1-24(2)22-33-31(37)29(21-25-11-6-4-7-12-25)34(23-26-16-18-27(32)19-17-26)30(36)15-10-20-35(40(3,38)39)28-13-8-5-9-14-28/h4-9,11-14,16-19,24,29H,10,15,20-23H2,1-3H3,(H,33,37)/t29-/m1/s1. The Morgan fingerprint density at radius 2 is 1.48 bits per heavy atom. The molecular weight excluding hydrogens is 529 g/mol. The maximum Gasteiger partial charge on any atom is 0.243 e. The third-order valence-corrected chi connectivity index (χ3v) is 7.61. The lowest BCUT2D eigenvalue weighted by atomic mass is 10.0. The van der Waals surface area contributed by atoms with Gasteiger partial charge in [0.25, 0.3) is 0 Å². The summed E-state index contributed by atoms with van der Waals surface area (Å²) in [7, 11) is -3.57. The molecule has 0 aromatic heterocycles. The molecule has 0 spiro atoms. The van der Waals surface area contributed by atoms with Gasteiger partial charge in [0.05, 0.1) is 11.9 Å². The van der Waals surface area contributed by atoms with Crippen molar-refractivity contribution in [3.8, 4) is 0 Å². The third-order valence-electron chi connectivity index (χ3n) is 6.42. The summed E-state index contributed by atoms with van der Waals surface area (Å²) in [6, 6.07) is 23.2. The van der Waals surface area contributed by atoms with Gasteiger partial charge >= 0.3 is 0 Å². The van der Waals surface area contributed by atoms with Gasteiger partial charge in [-0.05, 0) is 47.7 Å². The number of nitrogens with one attached hydrogen (secondary N) is 1. The first kappa shape index (κ1) is 30.8. The molecule has 0 aliphatic heterocycles. The van der Waals surface area contributed by atoms with E-state index in [0.717, 1.165) is 11.8 Å². The van der Waals surface area contributed by atoms with Crippen LogP contribution in [0.15, 0.2) is 84.9 Å². The van der Waals surface area contributed by atoms with Crippen LogP contribution in [0.5, 0.6) is 0 Å². The van der Waals surface area contributed by atoms with E-state index in [1.807, 2.05) is 44.2 Å². The fourth-order valence-corrected chi connectivity index (χ4v) is 5.33. The number of nitrogens with zero attached hydrogens (tertiary/aromatic N) is 2. The van der Waals surface area contributed by atoms with Crippen molar-refractivity contribution >= 4 is 27.5 Å². The highest BCUT2D eigenvalue weighted by Gasteiger charge is 2.30. The zero-order chi connectivity index (χ0) is 29.1. The SMILES string of the molecule is CC(C)CNC(=O)[C@@H](Cc1ccccc1)N(Cc1ccc(F)cc1)C(=O)CCCN(c1ccccc1)S(C)(=O)=O. The molecule has 0 aliphatic carbocycles. The molecule has 3 rings (SSSR count). The van der Waals surface area contributed by atoms with E-state index in [1.54, 1.807) is 42.5 Å². The first-order valence-corrected chi connectivity index (χ1v) is 15.3. The number of carbonyl (C=O) groups is 2. The van der Waals surface area contributed by atoms with E-state index < -0.39 is 16.1 Å². The molecule has 214 valence electrons. The molecule has 0 saturated carbocycles. The minimum Gasteiger partial charge on any atom is -0.354 e. The molecule has 0 bridgehead atoms. The monoisotopic (exact) mass is 567 g/mol. The molecule has 40 heavy (non-hydrogen) atoms. The normalized spacial score (nSPS) is 12.1. The minimum absolute atomic E-state index is 0.0306. The third kappa shape index (κ3) is 9.48. The second kappa shape index (κ2) is 14.6. The maximum absolute atomic E-state index is 13.8. The Bertz CT molecular complexity index is 1330. The van der Waals surface area contributed by atoms with Crippen LogP contribution in [-0.2, 0) is 32.6 Å². The lowest BCUT2D eigenvalue weighted by Gasteiger charge is -2.32. The van der Waals surface area contributed by atoms with Crippen molar-refractivity contribution in [2.45, 2.75) is 45.7 Å². The smallest absolute Gasteiger partial charge is 0.243 e. The van der Waals surface area contributed by atoms with E-state index in [0.29, 0.717) is 24.2 Å². The van der Waals surface area contributed by atoms with Gasteiger partial charge in [0.1, 0.15) is 11.9 Å². The fourth-order valence-electron chi connectivity index (χ4n) is 4.36. The largest absolute Gasteiger partial charge is 0.354 e. The average molecular weight is 568 g/mol. The number of hydrogen-bond acceptors (Lipinski definition) is 4. The van der Waals surface area contributed by atoms with Crippen LogP contribution >= 0.6 is 0 Å². The summed E-state index contributed by atoms with van der Waals surface area (Å²) < 4.78 is 39.9. The predicted octanol–water partition coefficient (Wildman–Crippen LogP) is 4.78. The number of halogens is 1. The molecule has 1 N–H and O–H groups in total. The van der Waals surface area contributed by atoms with E-state index in [9.17, 15) is 22.4 Å². The van der Waals surface area contributed by atoms with Gasteiger partial charge in [-0.15, -0.1) is 0 Å². The topological polar surface area (TPSA) is 86.8 Å². The van der Waals surface area contributed by atoms with Crippen LogP contribution in [0.1, 0.15) is 37.8 Å². The number of hydrogen-bond donors (Lipinski definition) is 1. The van der Waals surface area contributed by atoms with Crippen LogP contribution in [0.4, 0.5) is 10.1 Å². The van der Waals surface area contributed by atoms with Gasteiger partial charge in [-0.3, -0.25) is 13.9 Å². The first-order chi connectivity index (χ1) is 19.0. The van der Waals surface area contributed by atoms with Crippen LogP contribution < -0.4 is 9.62 Å². The van der Waals surface area contributed by atoms with Gasteiger partial charge in [-0.25, -0.2) is 12.8 Å². The van der Waals surface area contributed by atoms with E-state index in [-0.39, 0.29) is 49.5 Å². The van der Waals surface area contributed by atoms with Gasteiger partial charge in [0.15, 0.2) is 0 Å². The van der Waals surface area contributed by atoms with E-state index in [4.69, 9.17) is 0 Å². The number of sulfonamides is 1. The Balaban J connectivity index is 1.86. The van der Waals surface area contributed by atoms with Crippen molar-refractivity contribution in [1.82, 2.24) is 10.2 Å². The van der Waals surface area contributed by atoms with Crippen LogP contribution in [-0.4, -0.2) is 50.5 Å². The first-order valence-electron chi connectivity index (χ1n) is 13.4. The molecule has 0 fully saturated rings. The van der Waals surface area contributed by atoms with Crippen LogP contribution in [0, 0.1) is 11.7 Å². The quantitative estimate of drug-likeness (QED) is 0.304. The molecule has 0 unspecified atom stereocenters. The van der Waals surface area contributed by atoms with Crippen molar-refractivity contribution in [3.63, 3.8) is 0 Å². The summed E-state index contributed by atoms with van der Waals surface area (Å²) in [5.41, 5.74) is 2.11. The fraction of sp³-hybridized carbons (Fsp3) is 0.355. The summed E-state index contributed by atoms with van der Waals surface area (Å²) in [4.78, 5) is 28.8. The minimum atomic E-state index is -3.57. The van der Waals surface area contributed by atoms with Crippen molar-refractivity contribution in [3.05, 3.63) is 102 Å². The van der Waals surface area contributed by atoms with Gasteiger partial charge in [0.2, 0.25) is 21.8 Å². The van der Waals surface area contributed by atoms with Gasteiger partial charge in [-0.2, -0.15) is 0 Å². The van der Waals surface area contributed by atoms with E-state index in [1.165, 1.54) is 21.3 Å². The van der Waals surface area contributed by atoms with E-state index in [2.05, 4.69) is 5.32 Å². The van der Waals surface area contributed by atoms with Crippen molar-refractivity contribution in [1.29, 1.82) is 0 Å². The number of carbonyl (C=O) groups excluding carboxylic acids is 2. The van der Waals surface area contributed by atoms with Crippen molar-refractivity contribution in [2.24, 2.45) is 5.92 Å². The summed E-state index contributed by atoms with van der Waals surface area (Å²) in [5.74, 6) is -0.719. The number of rotatable bonds is 14.